The number of carbonyl (C=O) groups is 1. The minimum atomic E-state index is 0.135. The van der Waals surface area contributed by atoms with Gasteiger partial charge < -0.3 is 10.2 Å². The third-order valence-electron chi connectivity index (χ3n) is 5.02. The molecule has 4 rings (SSSR count). The van der Waals surface area contributed by atoms with E-state index in [9.17, 15) is 4.79 Å². The molecule has 1 fully saturated rings. The number of likely N-dealkylation sites (tertiary alicyclic amines) is 1. The first-order valence-corrected chi connectivity index (χ1v) is 10.7. The van der Waals surface area contributed by atoms with E-state index in [1.165, 1.54) is 0 Å². The Bertz CT molecular complexity index is 987. The summed E-state index contributed by atoms with van der Waals surface area (Å²) >= 11 is 1.58. The van der Waals surface area contributed by atoms with Gasteiger partial charge in [-0.1, -0.05) is 6.07 Å². The highest BCUT2D eigenvalue weighted by Gasteiger charge is 2.26. The SMILES string of the molecule is Cc1ccc(Nc2nccc([C@@H]3CCCN(C(=O)Cc4csc(C)n4)C3)n2)nc1. The van der Waals surface area contributed by atoms with Crippen LogP contribution in [0.2, 0.25) is 0 Å². The molecule has 150 valence electrons. The Labute approximate surface area is 174 Å². The number of rotatable bonds is 5. The molecule has 0 saturated carbocycles. The van der Waals surface area contributed by atoms with Crippen LogP contribution in [-0.4, -0.2) is 43.8 Å². The van der Waals surface area contributed by atoms with Crippen LogP contribution in [0, 0.1) is 13.8 Å². The van der Waals surface area contributed by atoms with Gasteiger partial charge in [-0.3, -0.25) is 4.79 Å². The molecule has 0 aromatic carbocycles. The molecule has 0 unspecified atom stereocenters. The fourth-order valence-corrected chi connectivity index (χ4v) is 4.13. The zero-order valence-corrected chi connectivity index (χ0v) is 17.4. The molecule has 0 bridgehead atoms. The number of carbonyl (C=O) groups excluding carboxylic acids is 1. The summed E-state index contributed by atoms with van der Waals surface area (Å²) in [7, 11) is 0. The van der Waals surface area contributed by atoms with Gasteiger partial charge >= 0.3 is 0 Å². The molecule has 1 aliphatic rings. The number of pyridine rings is 1. The molecule has 0 aliphatic carbocycles. The van der Waals surface area contributed by atoms with Gasteiger partial charge in [0, 0.05) is 36.8 Å². The maximum absolute atomic E-state index is 12.7. The van der Waals surface area contributed by atoms with E-state index in [2.05, 4.69) is 25.3 Å². The van der Waals surface area contributed by atoms with E-state index in [0.717, 1.165) is 41.3 Å². The molecule has 0 radical (unpaired) electrons. The number of hydrogen-bond donors (Lipinski definition) is 1. The molecular formula is C21H24N6OS. The van der Waals surface area contributed by atoms with Crippen LogP contribution in [-0.2, 0) is 11.2 Å². The summed E-state index contributed by atoms with van der Waals surface area (Å²) < 4.78 is 0. The lowest BCUT2D eigenvalue weighted by molar-refractivity contribution is -0.131. The first kappa shape index (κ1) is 19.4. The number of nitrogens with zero attached hydrogens (tertiary/aromatic N) is 5. The van der Waals surface area contributed by atoms with Gasteiger partial charge in [-0.2, -0.15) is 0 Å². The Morgan fingerprint density at radius 1 is 1.24 bits per heavy atom. The molecule has 1 N–H and O–H groups in total. The highest BCUT2D eigenvalue weighted by atomic mass is 32.1. The highest BCUT2D eigenvalue weighted by molar-refractivity contribution is 7.09. The molecule has 1 saturated heterocycles. The number of thiazole rings is 1. The van der Waals surface area contributed by atoms with E-state index in [0.29, 0.717) is 24.7 Å². The van der Waals surface area contributed by atoms with Crippen LogP contribution in [0.3, 0.4) is 0 Å². The van der Waals surface area contributed by atoms with Gasteiger partial charge in [0.2, 0.25) is 11.9 Å². The first-order chi connectivity index (χ1) is 14.1. The van der Waals surface area contributed by atoms with E-state index in [4.69, 9.17) is 0 Å². The molecule has 0 spiro atoms. The van der Waals surface area contributed by atoms with Crippen LogP contribution in [0.5, 0.6) is 0 Å². The minimum Gasteiger partial charge on any atom is -0.342 e. The van der Waals surface area contributed by atoms with Crippen molar-refractivity contribution in [3.05, 3.63) is 57.9 Å². The summed E-state index contributed by atoms with van der Waals surface area (Å²) in [6.07, 6.45) is 5.92. The van der Waals surface area contributed by atoms with Gasteiger partial charge in [-0.25, -0.2) is 19.9 Å². The van der Waals surface area contributed by atoms with Crippen LogP contribution in [0.15, 0.2) is 36.0 Å². The van der Waals surface area contributed by atoms with Crippen molar-refractivity contribution in [2.75, 3.05) is 18.4 Å². The van der Waals surface area contributed by atoms with Gasteiger partial charge in [0.15, 0.2) is 0 Å². The second kappa shape index (κ2) is 8.65. The van der Waals surface area contributed by atoms with E-state index in [1.807, 2.05) is 42.3 Å². The van der Waals surface area contributed by atoms with E-state index < -0.39 is 0 Å². The fraction of sp³-hybridized carbons (Fsp3) is 0.381. The summed E-state index contributed by atoms with van der Waals surface area (Å²) in [5, 5.41) is 6.12. The van der Waals surface area contributed by atoms with Crippen molar-refractivity contribution in [2.45, 2.75) is 39.0 Å². The third kappa shape index (κ3) is 4.95. The Morgan fingerprint density at radius 2 is 2.14 bits per heavy atom. The van der Waals surface area contributed by atoms with Gasteiger partial charge in [0.1, 0.15) is 5.82 Å². The zero-order chi connectivity index (χ0) is 20.2. The topological polar surface area (TPSA) is 83.9 Å². The van der Waals surface area contributed by atoms with Gasteiger partial charge in [0.25, 0.3) is 0 Å². The summed E-state index contributed by atoms with van der Waals surface area (Å²) in [6.45, 7) is 5.44. The number of piperidine rings is 1. The molecule has 1 atom stereocenters. The monoisotopic (exact) mass is 408 g/mol. The minimum absolute atomic E-state index is 0.135. The number of hydrogen-bond acceptors (Lipinski definition) is 7. The van der Waals surface area contributed by atoms with Crippen LogP contribution in [0.25, 0.3) is 0 Å². The molecule has 7 nitrogen and oxygen atoms in total. The Balaban J connectivity index is 1.42. The standard InChI is InChI=1S/C21H24N6OS/c1-14-5-6-19(23-11-14)26-21-22-8-7-18(25-21)16-4-3-9-27(12-16)20(28)10-17-13-29-15(2)24-17/h5-8,11,13,16H,3-4,9-10,12H2,1-2H3,(H,22,23,25,26)/t16-/m1/s1. The van der Waals surface area contributed by atoms with Gasteiger partial charge in [-0.05, 0) is 44.4 Å². The zero-order valence-electron chi connectivity index (χ0n) is 16.6. The van der Waals surface area contributed by atoms with Crippen molar-refractivity contribution < 1.29 is 4.79 Å². The van der Waals surface area contributed by atoms with E-state index >= 15 is 0 Å². The second-order valence-corrected chi connectivity index (χ2v) is 8.43. The van der Waals surface area contributed by atoms with Crippen molar-refractivity contribution in [3.8, 4) is 0 Å². The van der Waals surface area contributed by atoms with E-state index in [-0.39, 0.29) is 11.8 Å². The molecule has 8 heteroatoms. The maximum atomic E-state index is 12.7. The van der Waals surface area contributed by atoms with Crippen molar-refractivity contribution in [1.82, 2.24) is 24.8 Å². The molecule has 29 heavy (non-hydrogen) atoms. The Hall–Kier alpha value is -2.87. The maximum Gasteiger partial charge on any atom is 0.228 e. The average Bonchev–Trinajstić information content (AvgIpc) is 3.14. The lowest BCUT2D eigenvalue weighted by Crippen LogP contribution is -2.40. The number of nitrogens with one attached hydrogen (secondary N) is 1. The van der Waals surface area contributed by atoms with Crippen LogP contribution < -0.4 is 5.32 Å². The number of anilines is 2. The fourth-order valence-electron chi connectivity index (χ4n) is 3.52. The molecule has 4 heterocycles. The molecule has 3 aromatic heterocycles. The van der Waals surface area contributed by atoms with Crippen molar-refractivity contribution in [3.63, 3.8) is 0 Å². The normalized spacial score (nSPS) is 16.6. The lowest BCUT2D eigenvalue weighted by atomic mass is 9.94. The summed E-state index contributed by atoms with van der Waals surface area (Å²) in [4.78, 5) is 32.4. The van der Waals surface area contributed by atoms with Crippen LogP contribution >= 0.6 is 11.3 Å². The van der Waals surface area contributed by atoms with Crippen LogP contribution in [0.1, 0.15) is 40.7 Å². The molecule has 3 aromatic rings. The first-order valence-electron chi connectivity index (χ1n) is 9.78. The molecule has 1 aliphatic heterocycles. The number of amides is 1. The predicted octanol–water partition coefficient (Wildman–Crippen LogP) is 3.64. The predicted molar refractivity (Wildman–Crippen MR) is 113 cm³/mol. The smallest absolute Gasteiger partial charge is 0.228 e. The summed E-state index contributed by atoms with van der Waals surface area (Å²) in [5.74, 6) is 1.59. The van der Waals surface area contributed by atoms with Crippen molar-refractivity contribution in [1.29, 1.82) is 0 Å². The highest BCUT2D eigenvalue weighted by Crippen LogP contribution is 2.27. The number of aryl methyl sites for hydroxylation is 2. The Morgan fingerprint density at radius 3 is 2.90 bits per heavy atom. The quantitative estimate of drug-likeness (QED) is 0.694. The van der Waals surface area contributed by atoms with Gasteiger partial charge in [-0.15, -0.1) is 11.3 Å². The van der Waals surface area contributed by atoms with Crippen molar-refractivity contribution in [2.24, 2.45) is 0 Å². The van der Waals surface area contributed by atoms with Crippen molar-refractivity contribution >= 4 is 29.0 Å². The summed E-state index contributed by atoms with van der Waals surface area (Å²) in [5.41, 5.74) is 2.92. The Kier molecular flexibility index (Phi) is 5.80. The van der Waals surface area contributed by atoms with Crippen LogP contribution in [0.4, 0.5) is 11.8 Å². The summed E-state index contributed by atoms with van der Waals surface area (Å²) in [6, 6.07) is 5.84. The lowest BCUT2D eigenvalue weighted by Gasteiger charge is -2.32. The number of aromatic nitrogens is 4. The van der Waals surface area contributed by atoms with Gasteiger partial charge in [0.05, 0.1) is 22.8 Å². The third-order valence-corrected chi connectivity index (χ3v) is 5.84. The van der Waals surface area contributed by atoms with E-state index in [1.54, 1.807) is 23.7 Å². The molecular weight excluding hydrogens is 384 g/mol. The average molecular weight is 409 g/mol. The second-order valence-electron chi connectivity index (χ2n) is 7.36. The molecule has 1 amide bonds. The largest absolute Gasteiger partial charge is 0.342 e.